The number of likely N-dealkylation sites (tertiary alicyclic amines) is 1. The molecule has 35 heavy (non-hydrogen) atoms. The standard InChI is InChI=1S/C27H33FN4O3/c1-35-25-7-2-18(28)14-22(25)21-8-11-29-27-23(21)15-24(31-27)17-9-12-32(13-10-17)26(34)16-30-19-3-5-20(33)6-4-19/h2,7-8,11,14-15,17,19-20,30,33H,3-6,9-10,12-13,16H2,1H3,(H,29,31). The van der Waals surface area contributed by atoms with E-state index in [1.165, 1.54) is 12.1 Å². The number of benzene rings is 1. The zero-order valence-corrected chi connectivity index (χ0v) is 20.1. The number of fused-ring (bicyclic) bond motifs is 1. The third-order valence-corrected chi connectivity index (χ3v) is 7.53. The second kappa shape index (κ2) is 10.3. The monoisotopic (exact) mass is 480 g/mol. The largest absolute Gasteiger partial charge is 0.496 e. The average molecular weight is 481 g/mol. The number of piperidine rings is 1. The van der Waals surface area contributed by atoms with Crippen LogP contribution >= 0.6 is 0 Å². The van der Waals surface area contributed by atoms with Gasteiger partial charge in [-0.05, 0) is 74.4 Å². The molecule has 2 aliphatic rings. The average Bonchev–Trinajstić information content (AvgIpc) is 3.33. The normalized spacial score (nSPS) is 21.4. The van der Waals surface area contributed by atoms with E-state index in [9.17, 15) is 14.3 Å². The summed E-state index contributed by atoms with van der Waals surface area (Å²) in [6.45, 7) is 1.81. The molecule has 0 atom stereocenters. The molecule has 7 nitrogen and oxygen atoms in total. The minimum absolute atomic E-state index is 0.147. The van der Waals surface area contributed by atoms with E-state index in [1.54, 1.807) is 19.4 Å². The Morgan fingerprint density at radius 1 is 1.14 bits per heavy atom. The number of rotatable bonds is 6. The van der Waals surface area contributed by atoms with E-state index in [0.717, 1.165) is 73.9 Å². The van der Waals surface area contributed by atoms with E-state index < -0.39 is 0 Å². The van der Waals surface area contributed by atoms with Gasteiger partial charge < -0.3 is 25.0 Å². The van der Waals surface area contributed by atoms with E-state index in [-0.39, 0.29) is 17.8 Å². The van der Waals surface area contributed by atoms with Crippen LogP contribution in [-0.2, 0) is 4.79 Å². The lowest BCUT2D eigenvalue weighted by Crippen LogP contribution is -2.45. The van der Waals surface area contributed by atoms with E-state index in [4.69, 9.17) is 4.74 Å². The van der Waals surface area contributed by atoms with Crippen molar-refractivity contribution in [1.82, 2.24) is 20.2 Å². The number of hydrogen-bond acceptors (Lipinski definition) is 5. The van der Waals surface area contributed by atoms with Gasteiger partial charge in [-0.15, -0.1) is 0 Å². The fraction of sp³-hybridized carbons (Fsp3) is 0.481. The van der Waals surface area contributed by atoms with Crippen molar-refractivity contribution >= 4 is 16.9 Å². The second-order valence-corrected chi connectivity index (χ2v) is 9.73. The lowest BCUT2D eigenvalue weighted by Gasteiger charge is -2.33. The maximum atomic E-state index is 14.0. The van der Waals surface area contributed by atoms with Crippen LogP contribution in [0.4, 0.5) is 4.39 Å². The molecule has 3 N–H and O–H groups in total. The first-order chi connectivity index (χ1) is 17.0. The number of ether oxygens (including phenoxy) is 1. The third-order valence-electron chi connectivity index (χ3n) is 7.53. The van der Waals surface area contributed by atoms with Crippen LogP contribution in [0.3, 0.4) is 0 Å². The number of nitrogens with zero attached hydrogens (tertiary/aromatic N) is 2. The summed E-state index contributed by atoms with van der Waals surface area (Å²) in [5.41, 5.74) is 3.44. The van der Waals surface area contributed by atoms with E-state index >= 15 is 0 Å². The SMILES string of the molecule is COc1ccc(F)cc1-c1ccnc2[nH]c(C3CCN(C(=O)CNC4CCC(O)CC4)CC3)cc12. The first-order valence-electron chi connectivity index (χ1n) is 12.5. The maximum absolute atomic E-state index is 14.0. The Kier molecular flexibility index (Phi) is 7.02. The van der Waals surface area contributed by atoms with Crippen molar-refractivity contribution in [1.29, 1.82) is 0 Å². The molecule has 0 radical (unpaired) electrons. The summed E-state index contributed by atoms with van der Waals surface area (Å²) in [6.07, 6.45) is 6.77. The minimum atomic E-state index is -0.311. The minimum Gasteiger partial charge on any atom is -0.496 e. The maximum Gasteiger partial charge on any atom is 0.236 e. The molecule has 3 heterocycles. The molecule has 3 aromatic rings. The lowest BCUT2D eigenvalue weighted by atomic mass is 9.92. The predicted molar refractivity (Wildman–Crippen MR) is 133 cm³/mol. The molecular formula is C27H33FN4O3. The van der Waals surface area contributed by atoms with Crippen LogP contribution in [0.15, 0.2) is 36.5 Å². The summed E-state index contributed by atoms with van der Waals surface area (Å²) in [4.78, 5) is 22.6. The summed E-state index contributed by atoms with van der Waals surface area (Å²) in [7, 11) is 1.59. The van der Waals surface area contributed by atoms with E-state index in [1.807, 2.05) is 11.0 Å². The van der Waals surface area contributed by atoms with Gasteiger partial charge in [-0.2, -0.15) is 0 Å². The zero-order chi connectivity index (χ0) is 24.4. The van der Waals surface area contributed by atoms with Gasteiger partial charge in [0.1, 0.15) is 17.2 Å². The van der Waals surface area contributed by atoms with Gasteiger partial charge in [0.05, 0.1) is 19.8 Å². The number of aromatic nitrogens is 2. The van der Waals surface area contributed by atoms with Crippen molar-refractivity contribution < 1.29 is 19.0 Å². The molecule has 5 rings (SSSR count). The quantitative estimate of drug-likeness (QED) is 0.497. The third kappa shape index (κ3) is 5.18. The molecular weight excluding hydrogens is 447 g/mol. The number of aliphatic hydroxyl groups excluding tert-OH is 1. The molecule has 0 spiro atoms. The van der Waals surface area contributed by atoms with Crippen LogP contribution in [0.1, 0.15) is 50.1 Å². The highest BCUT2D eigenvalue weighted by molar-refractivity contribution is 5.95. The van der Waals surface area contributed by atoms with Gasteiger partial charge in [-0.3, -0.25) is 4.79 Å². The van der Waals surface area contributed by atoms with Gasteiger partial charge >= 0.3 is 0 Å². The Labute approximate surface area is 204 Å². The molecule has 0 bridgehead atoms. The van der Waals surface area contributed by atoms with Gasteiger partial charge in [0.2, 0.25) is 5.91 Å². The fourth-order valence-electron chi connectivity index (χ4n) is 5.46. The Morgan fingerprint density at radius 2 is 1.91 bits per heavy atom. The van der Waals surface area contributed by atoms with Gasteiger partial charge in [0, 0.05) is 47.9 Å². The van der Waals surface area contributed by atoms with Crippen molar-refractivity contribution in [3.05, 3.63) is 48.0 Å². The molecule has 1 aromatic carbocycles. The summed E-state index contributed by atoms with van der Waals surface area (Å²) in [5.74, 6) is 0.761. The van der Waals surface area contributed by atoms with Gasteiger partial charge in [0.25, 0.3) is 0 Å². The molecule has 186 valence electrons. The number of H-pyrrole nitrogens is 1. The molecule has 1 saturated heterocycles. The summed E-state index contributed by atoms with van der Waals surface area (Å²) >= 11 is 0. The number of amides is 1. The summed E-state index contributed by atoms with van der Waals surface area (Å²) in [6, 6.07) is 8.86. The van der Waals surface area contributed by atoms with Crippen molar-refractivity contribution in [2.24, 2.45) is 0 Å². The molecule has 1 aliphatic carbocycles. The predicted octanol–water partition coefficient (Wildman–Crippen LogP) is 3.98. The highest BCUT2D eigenvalue weighted by atomic mass is 19.1. The zero-order valence-electron chi connectivity index (χ0n) is 20.1. The lowest BCUT2D eigenvalue weighted by molar-refractivity contribution is -0.131. The Bertz CT molecular complexity index is 1180. The Hall–Kier alpha value is -2.97. The number of aromatic amines is 1. The molecule has 1 aliphatic heterocycles. The molecule has 1 saturated carbocycles. The summed E-state index contributed by atoms with van der Waals surface area (Å²) in [5, 5.41) is 14.0. The van der Waals surface area contributed by atoms with E-state index in [0.29, 0.717) is 29.8 Å². The Balaban J connectivity index is 1.24. The number of carbonyl (C=O) groups excluding carboxylic acids is 1. The van der Waals surface area contributed by atoms with Crippen molar-refractivity contribution in [3.8, 4) is 16.9 Å². The first-order valence-corrected chi connectivity index (χ1v) is 12.5. The highest BCUT2D eigenvalue weighted by Gasteiger charge is 2.26. The number of nitrogens with one attached hydrogen (secondary N) is 2. The number of pyridine rings is 1. The number of methoxy groups -OCH3 is 1. The number of aliphatic hydroxyl groups is 1. The molecule has 2 fully saturated rings. The van der Waals surface area contributed by atoms with Crippen LogP contribution in [0, 0.1) is 5.82 Å². The van der Waals surface area contributed by atoms with Crippen LogP contribution in [0.25, 0.3) is 22.2 Å². The van der Waals surface area contributed by atoms with Crippen molar-refractivity contribution in [2.75, 3.05) is 26.7 Å². The molecule has 8 heteroatoms. The van der Waals surface area contributed by atoms with Gasteiger partial charge in [-0.1, -0.05) is 0 Å². The highest BCUT2D eigenvalue weighted by Crippen LogP contribution is 2.37. The molecule has 2 aromatic heterocycles. The fourth-order valence-corrected chi connectivity index (χ4v) is 5.46. The van der Waals surface area contributed by atoms with Crippen molar-refractivity contribution in [3.63, 3.8) is 0 Å². The van der Waals surface area contributed by atoms with Gasteiger partial charge in [0.15, 0.2) is 0 Å². The number of carbonyl (C=O) groups is 1. The summed E-state index contributed by atoms with van der Waals surface area (Å²) < 4.78 is 19.5. The number of hydrogen-bond donors (Lipinski definition) is 3. The van der Waals surface area contributed by atoms with Crippen LogP contribution in [-0.4, -0.2) is 64.8 Å². The van der Waals surface area contributed by atoms with Gasteiger partial charge in [-0.25, -0.2) is 9.37 Å². The smallest absolute Gasteiger partial charge is 0.236 e. The second-order valence-electron chi connectivity index (χ2n) is 9.73. The van der Waals surface area contributed by atoms with Crippen LogP contribution in [0.2, 0.25) is 0 Å². The number of halogens is 1. The van der Waals surface area contributed by atoms with E-state index in [2.05, 4.69) is 21.4 Å². The molecule has 0 unspecified atom stereocenters. The topological polar surface area (TPSA) is 90.5 Å². The Morgan fingerprint density at radius 3 is 2.66 bits per heavy atom. The molecule has 1 amide bonds. The van der Waals surface area contributed by atoms with Crippen LogP contribution < -0.4 is 10.1 Å². The van der Waals surface area contributed by atoms with Crippen molar-refractivity contribution in [2.45, 2.75) is 56.6 Å². The first kappa shape index (κ1) is 23.8. The van der Waals surface area contributed by atoms with Crippen LogP contribution in [0.5, 0.6) is 5.75 Å².